The lowest BCUT2D eigenvalue weighted by Gasteiger charge is -2.24. The van der Waals surface area contributed by atoms with Crippen LogP contribution in [-0.4, -0.2) is 38.0 Å². The van der Waals surface area contributed by atoms with Crippen molar-refractivity contribution < 1.29 is 9.84 Å². The summed E-state index contributed by atoms with van der Waals surface area (Å²) in [5.74, 6) is 0.855. The van der Waals surface area contributed by atoms with Crippen LogP contribution in [0.5, 0.6) is 5.75 Å². The van der Waals surface area contributed by atoms with Crippen LogP contribution in [0, 0.1) is 0 Å². The van der Waals surface area contributed by atoms with Gasteiger partial charge in [-0.2, -0.15) is 0 Å². The fraction of sp³-hybridized carbons (Fsp3) is 0.571. The monoisotopic (exact) mass is 252 g/mol. The van der Waals surface area contributed by atoms with Crippen LogP contribution in [0.2, 0.25) is 0 Å². The molecule has 4 heteroatoms. The first-order valence-electron chi connectivity index (χ1n) is 6.26. The van der Waals surface area contributed by atoms with Crippen molar-refractivity contribution in [2.75, 3.05) is 32.1 Å². The third-order valence-electron chi connectivity index (χ3n) is 3.14. The number of nitrogens with zero attached hydrogens (tertiary/aromatic N) is 1. The topological polar surface area (TPSA) is 58.7 Å². The molecule has 0 aromatic heterocycles. The predicted octanol–water partition coefficient (Wildman–Crippen LogP) is 1.62. The van der Waals surface area contributed by atoms with Crippen molar-refractivity contribution >= 4 is 5.69 Å². The number of aliphatic hydroxyl groups is 1. The van der Waals surface area contributed by atoms with Gasteiger partial charge < -0.3 is 20.5 Å². The molecule has 0 radical (unpaired) electrons. The summed E-state index contributed by atoms with van der Waals surface area (Å²) in [7, 11) is 3.70. The van der Waals surface area contributed by atoms with Gasteiger partial charge in [-0.1, -0.05) is 6.07 Å². The minimum atomic E-state index is -0.755. The Balaban J connectivity index is 2.47. The average molecular weight is 252 g/mol. The van der Waals surface area contributed by atoms with E-state index >= 15 is 0 Å². The number of hydrogen-bond donors (Lipinski definition) is 2. The van der Waals surface area contributed by atoms with Gasteiger partial charge in [0.2, 0.25) is 0 Å². The highest BCUT2D eigenvalue weighted by Gasteiger charge is 2.17. The summed E-state index contributed by atoms with van der Waals surface area (Å²) in [6, 6.07) is 7.95. The average Bonchev–Trinajstić information content (AvgIpc) is 2.38. The Labute approximate surface area is 109 Å². The molecule has 1 unspecified atom stereocenters. The van der Waals surface area contributed by atoms with Gasteiger partial charge >= 0.3 is 0 Å². The second kappa shape index (κ2) is 6.61. The highest BCUT2D eigenvalue weighted by molar-refractivity contribution is 5.49. The lowest BCUT2D eigenvalue weighted by Crippen LogP contribution is -2.35. The number of rotatable bonds is 7. The zero-order chi connectivity index (χ0) is 13.6. The molecule has 1 atom stereocenters. The van der Waals surface area contributed by atoms with Crippen LogP contribution < -0.4 is 15.4 Å². The van der Waals surface area contributed by atoms with E-state index in [0.29, 0.717) is 13.0 Å². The molecule has 0 spiro atoms. The van der Waals surface area contributed by atoms with Crippen molar-refractivity contribution in [2.45, 2.75) is 25.4 Å². The number of methoxy groups -OCH3 is 1. The van der Waals surface area contributed by atoms with Crippen molar-refractivity contribution in [1.29, 1.82) is 0 Å². The fourth-order valence-electron chi connectivity index (χ4n) is 1.78. The third kappa shape index (κ3) is 4.55. The zero-order valence-electron chi connectivity index (χ0n) is 11.5. The quantitative estimate of drug-likeness (QED) is 0.774. The molecule has 0 saturated carbocycles. The lowest BCUT2D eigenvalue weighted by atomic mass is 10.0. The van der Waals surface area contributed by atoms with Crippen molar-refractivity contribution in [1.82, 2.24) is 0 Å². The largest absolute Gasteiger partial charge is 0.497 e. The second-order valence-corrected chi connectivity index (χ2v) is 4.93. The van der Waals surface area contributed by atoms with Gasteiger partial charge in [0.1, 0.15) is 5.75 Å². The summed E-state index contributed by atoms with van der Waals surface area (Å²) in [5, 5.41) is 9.83. The Kier molecular flexibility index (Phi) is 5.44. The van der Waals surface area contributed by atoms with E-state index in [-0.39, 0.29) is 0 Å². The van der Waals surface area contributed by atoms with Gasteiger partial charge in [0.25, 0.3) is 0 Å². The van der Waals surface area contributed by atoms with E-state index in [2.05, 4.69) is 4.90 Å². The first-order chi connectivity index (χ1) is 8.48. The molecule has 1 aromatic rings. The highest BCUT2D eigenvalue weighted by atomic mass is 16.5. The van der Waals surface area contributed by atoms with Crippen molar-refractivity contribution in [3.05, 3.63) is 24.3 Å². The minimum absolute atomic E-state index is 0.301. The van der Waals surface area contributed by atoms with E-state index in [1.54, 1.807) is 14.0 Å². The summed E-state index contributed by atoms with van der Waals surface area (Å²) in [4.78, 5) is 2.15. The molecule has 0 heterocycles. The molecule has 3 N–H and O–H groups in total. The molecule has 4 nitrogen and oxygen atoms in total. The summed E-state index contributed by atoms with van der Waals surface area (Å²) in [6.45, 7) is 2.96. The molecule has 0 aliphatic rings. The maximum absolute atomic E-state index is 9.83. The van der Waals surface area contributed by atoms with Crippen LogP contribution in [0.3, 0.4) is 0 Å². The zero-order valence-corrected chi connectivity index (χ0v) is 11.5. The molecule has 102 valence electrons. The number of benzene rings is 1. The van der Waals surface area contributed by atoms with Crippen LogP contribution in [-0.2, 0) is 0 Å². The van der Waals surface area contributed by atoms with Gasteiger partial charge in [-0.25, -0.2) is 0 Å². The van der Waals surface area contributed by atoms with E-state index in [9.17, 15) is 5.11 Å². The number of hydrogen-bond acceptors (Lipinski definition) is 4. The molecule has 0 saturated heterocycles. The number of anilines is 1. The van der Waals surface area contributed by atoms with Gasteiger partial charge in [0.05, 0.1) is 12.7 Å². The molecule has 0 amide bonds. The van der Waals surface area contributed by atoms with Crippen molar-refractivity contribution in [3.63, 3.8) is 0 Å². The predicted molar refractivity (Wildman–Crippen MR) is 75.2 cm³/mol. The maximum atomic E-state index is 9.83. The summed E-state index contributed by atoms with van der Waals surface area (Å²) < 4.78 is 5.20. The molecule has 1 rings (SSSR count). The standard InChI is InChI=1S/C14H24N2O2/c1-14(17,11-15)8-5-9-16(2)12-6-4-7-13(10-12)18-3/h4,6-7,10,17H,5,8-9,11,15H2,1-3H3. The summed E-state index contributed by atoms with van der Waals surface area (Å²) >= 11 is 0. The van der Waals surface area contributed by atoms with Gasteiger partial charge in [0, 0.05) is 31.9 Å². The Morgan fingerprint density at radius 1 is 1.44 bits per heavy atom. The highest BCUT2D eigenvalue weighted by Crippen LogP contribution is 2.20. The third-order valence-corrected chi connectivity index (χ3v) is 3.14. The molecule has 1 aromatic carbocycles. The molecule has 18 heavy (non-hydrogen) atoms. The van der Waals surface area contributed by atoms with E-state index in [1.807, 2.05) is 31.3 Å². The van der Waals surface area contributed by atoms with Gasteiger partial charge in [-0.3, -0.25) is 0 Å². The Hall–Kier alpha value is -1.26. The second-order valence-electron chi connectivity index (χ2n) is 4.93. The first kappa shape index (κ1) is 14.8. The molecule has 0 aliphatic carbocycles. The van der Waals surface area contributed by atoms with Gasteiger partial charge in [-0.05, 0) is 31.9 Å². The molecular formula is C14H24N2O2. The maximum Gasteiger partial charge on any atom is 0.120 e. The van der Waals surface area contributed by atoms with E-state index in [4.69, 9.17) is 10.5 Å². The van der Waals surface area contributed by atoms with E-state index in [0.717, 1.165) is 24.4 Å². The van der Waals surface area contributed by atoms with Gasteiger partial charge in [0.15, 0.2) is 0 Å². The fourth-order valence-corrected chi connectivity index (χ4v) is 1.78. The lowest BCUT2D eigenvalue weighted by molar-refractivity contribution is 0.0585. The number of nitrogens with two attached hydrogens (primary N) is 1. The van der Waals surface area contributed by atoms with Crippen LogP contribution in [0.25, 0.3) is 0 Å². The molecular weight excluding hydrogens is 228 g/mol. The smallest absolute Gasteiger partial charge is 0.120 e. The normalized spacial score (nSPS) is 14.1. The molecule has 0 bridgehead atoms. The van der Waals surface area contributed by atoms with Gasteiger partial charge in [-0.15, -0.1) is 0 Å². The molecule has 0 fully saturated rings. The van der Waals surface area contributed by atoms with Crippen LogP contribution in [0.15, 0.2) is 24.3 Å². The Morgan fingerprint density at radius 3 is 2.78 bits per heavy atom. The van der Waals surface area contributed by atoms with E-state index < -0.39 is 5.60 Å². The van der Waals surface area contributed by atoms with Crippen molar-refractivity contribution in [3.8, 4) is 5.75 Å². The minimum Gasteiger partial charge on any atom is -0.497 e. The Bertz CT molecular complexity index is 367. The summed E-state index contributed by atoms with van der Waals surface area (Å²) in [6.07, 6.45) is 1.61. The molecule has 0 aliphatic heterocycles. The first-order valence-corrected chi connectivity index (χ1v) is 6.26. The van der Waals surface area contributed by atoms with Crippen LogP contribution in [0.1, 0.15) is 19.8 Å². The van der Waals surface area contributed by atoms with E-state index in [1.165, 1.54) is 0 Å². The van der Waals surface area contributed by atoms with Crippen molar-refractivity contribution in [2.24, 2.45) is 5.73 Å². The summed E-state index contributed by atoms with van der Waals surface area (Å²) in [5.41, 5.74) is 5.85. The Morgan fingerprint density at radius 2 is 2.17 bits per heavy atom. The SMILES string of the molecule is COc1cccc(N(C)CCCC(C)(O)CN)c1. The van der Waals surface area contributed by atoms with Crippen LogP contribution in [0.4, 0.5) is 5.69 Å². The number of ether oxygens (including phenoxy) is 1. The van der Waals surface area contributed by atoms with Crippen LogP contribution >= 0.6 is 0 Å².